The first-order valence-electron chi connectivity index (χ1n) is 8.13. The molecule has 6 nitrogen and oxygen atoms in total. The number of amides is 1. The monoisotopic (exact) mass is 451 g/mol. The molecule has 0 saturated heterocycles. The third-order valence-corrected chi connectivity index (χ3v) is 5.09. The van der Waals surface area contributed by atoms with Gasteiger partial charge in [0.15, 0.2) is 6.61 Å². The van der Waals surface area contributed by atoms with E-state index >= 15 is 0 Å². The number of sulfone groups is 1. The summed E-state index contributed by atoms with van der Waals surface area (Å²) in [6, 6.07) is 7.77. The minimum atomic E-state index is -4.76. The van der Waals surface area contributed by atoms with Crippen LogP contribution >= 0.6 is 0 Å². The van der Waals surface area contributed by atoms with Gasteiger partial charge in [0.05, 0.1) is 16.9 Å². The van der Waals surface area contributed by atoms with E-state index in [1.54, 1.807) is 0 Å². The van der Waals surface area contributed by atoms with Crippen LogP contribution in [0.3, 0.4) is 0 Å². The third-order valence-electron chi connectivity index (χ3n) is 3.70. The summed E-state index contributed by atoms with van der Waals surface area (Å²) in [6.07, 6.45) is -4.86. The molecule has 30 heavy (non-hydrogen) atoms. The predicted octanol–water partition coefficient (Wildman–Crippen LogP) is 3.43. The van der Waals surface area contributed by atoms with Crippen LogP contribution in [0.2, 0.25) is 0 Å². The van der Waals surface area contributed by atoms with Crippen molar-refractivity contribution in [3.63, 3.8) is 0 Å². The van der Waals surface area contributed by atoms with Crippen molar-refractivity contribution in [2.45, 2.75) is 23.3 Å². The zero-order chi connectivity index (χ0) is 22.5. The van der Waals surface area contributed by atoms with Crippen LogP contribution in [0.5, 0.6) is 0 Å². The van der Waals surface area contributed by atoms with Gasteiger partial charge in [-0.15, -0.1) is 0 Å². The third kappa shape index (κ3) is 6.24. The Bertz CT molecular complexity index is 1000. The van der Waals surface area contributed by atoms with Crippen LogP contribution in [0, 0.1) is 0 Å². The van der Waals surface area contributed by atoms with Crippen LogP contribution in [0.1, 0.15) is 11.1 Å². The number of carbonyl (C=O) groups is 2. The summed E-state index contributed by atoms with van der Waals surface area (Å²) in [6.45, 7) is -0.712. The van der Waals surface area contributed by atoms with Crippen molar-refractivity contribution in [1.29, 1.82) is 0 Å². The molecule has 0 aliphatic rings. The van der Waals surface area contributed by atoms with Crippen molar-refractivity contribution in [3.05, 3.63) is 59.7 Å². The molecule has 0 unspecified atom stereocenters. The molecule has 0 aliphatic carbocycles. The Morgan fingerprint density at radius 2 is 1.53 bits per heavy atom. The molecular formula is C18H14F5NO5S. The first-order chi connectivity index (χ1) is 13.9. The van der Waals surface area contributed by atoms with Gasteiger partial charge in [0.1, 0.15) is 0 Å². The van der Waals surface area contributed by atoms with E-state index in [-0.39, 0.29) is 17.7 Å². The second-order valence-electron chi connectivity index (χ2n) is 5.91. The summed E-state index contributed by atoms with van der Waals surface area (Å²) in [7, 11) is -4.76. The molecule has 0 atom stereocenters. The lowest BCUT2D eigenvalue weighted by molar-refractivity contribution is -0.146. The average molecular weight is 451 g/mol. The quantitative estimate of drug-likeness (QED) is 0.515. The Morgan fingerprint density at radius 1 is 0.967 bits per heavy atom. The van der Waals surface area contributed by atoms with E-state index in [1.807, 2.05) is 0 Å². The van der Waals surface area contributed by atoms with Crippen molar-refractivity contribution in [1.82, 2.24) is 0 Å². The highest BCUT2D eigenvalue weighted by molar-refractivity contribution is 7.91. The van der Waals surface area contributed by atoms with Crippen LogP contribution in [-0.4, -0.2) is 32.7 Å². The standard InChI is InChI=1S/C18H14F5NO5S/c19-17(20)30(27,28)14-7-5-13(6-8-14)24-15(25)10-29-16(26)9-11-1-3-12(4-2-11)18(21,22)23/h1-8,17H,9-10H2,(H,24,25). The first-order valence-corrected chi connectivity index (χ1v) is 9.68. The van der Waals surface area contributed by atoms with Crippen LogP contribution < -0.4 is 5.32 Å². The molecule has 0 radical (unpaired) electrons. The summed E-state index contributed by atoms with van der Waals surface area (Å²) in [5.41, 5.74) is -0.539. The van der Waals surface area contributed by atoms with E-state index in [4.69, 9.17) is 4.74 Å². The largest absolute Gasteiger partial charge is 0.455 e. The molecule has 0 bridgehead atoms. The number of nitrogens with one attached hydrogen (secondary N) is 1. The maximum atomic E-state index is 12.5. The highest BCUT2D eigenvalue weighted by Gasteiger charge is 2.30. The molecule has 2 rings (SSSR count). The van der Waals surface area contributed by atoms with Crippen molar-refractivity contribution in [2.24, 2.45) is 0 Å². The second kappa shape index (κ2) is 9.20. The molecule has 12 heteroatoms. The van der Waals surface area contributed by atoms with Gasteiger partial charge in [0.25, 0.3) is 5.91 Å². The molecule has 2 aromatic carbocycles. The fourth-order valence-corrected chi connectivity index (χ4v) is 2.92. The molecule has 0 aromatic heterocycles. The zero-order valence-electron chi connectivity index (χ0n) is 14.9. The fraction of sp³-hybridized carbons (Fsp3) is 0.222. The van der Waals surface area contributed by atoms with Gasteiger partial charge in [-0.2, -0.15) is 22.0 Å². The van der Waals surface area contributed by atoms with E-state index in [1.165, 1.54) is 0 Å². The Hall–Kier alpha value is -3.02. The number of alkyl halides is 5. The summed E-state index contributed by atoms with van der Waals surface area (Å²) in [5.74, 6) is -5.23. The summed E-state index contributed by atoms with van der Waals surface area (Å²) in [4.78, 5) is 22.8. The van der Waals surface area contributed by atoms with Crippen LogP contribution in [0.15, 0.2) is 53.4 Å². The fourth-order valence-electron chi connectivity index (χ4n) is 2.20. The molecule has 0 aliphatic heterocycles. The average Bonchev–Trinajstić information content (AvgIpc) is 2.66. The minimum absolute atomic E-state index is 0.0759. The maximum Gasteiger partial charge on any atom is 0.416 e. The molecule has 2 aromatic rings. The molecule has 0 saturated carbocycles. The summed E-state index contributed by atoms with van der Waals surface area (Å²) >= 11 is 0. The Balaban J connectivity index is 1.85. The van der Waals surface area contributed by atoms with E-state index in [0.717, 1.165) is 48.5 Å². The lowest BCUT2D eigenvalue weighted by atomic mass is 10.1. The molecule has 0 heterocycles. The lowest BCUT2D eigenvalue weighted by Crippen LogP contribution is -2.21. The number of hydrogen-bond acceptors (Lipinski definition) is 5. The van der Waals surface area contributed by atoms with E-state index in [0.29, 0.717) is 0 Å². The number of rotatable bonds is 7. The van der Waals surface area contributed by atoms with Gasteiger partial charge in [-0.3, -0.25) is 9.59 Å². The number of esters is 1. The van der Waals surface area contributed by atoms with Gasteiger partial charge in [-0.25, -0.2) is 8.42 Å². The molecule has 1 amide bonds. The zero-order valence-corrected chi connectivity index (χ0v) is 15.8. The summed E-state index contributed by atoms with van der Waals surface area (Å²) < 4.78 is 89.7. The Kier molecular flexibility index (Phi) is 7.13. The van der Waals surface area contributed by atoms with Crippen LogP contribution in [0.4, 0.5) is 27.6 Å². The van der Waals surface area contributed by atoms with Gasteiger partial charge in [0, 0.05) is 5.69 Å². The van der Waals surface area contributed by atoms with Crippen molar-refractivity contribution < 1.29 is 44.7 Å². The molecule has 0 spiro atoms. The van der Waals surface area contributed by atoms with Gasteiger partial charge in [-0.05, 0) is 42.0 Å². The Labute approximate surface area is 167 Å². The van der Waals surface area contributed by atoms with Crippen molar-refractivity contribution in [3.8, 4) is 0 Å². The van der Waals surface area contributed by atoms with Crippen molar-refractivity contribution >= 4 is 27.4 Å². The number of ether oxygens (including phenoxy) is 1. The molecular weight excluding hydrogens is 437 g/mol. The van der Waals surface area contributed by atoms with E-state index in [2.05, 4.69) is 5.32 Å². The first kappa shape index (κ1) is 23.3. The minimum Gasteiger partial charge on any atom is -0.455 e. The normalized spacial score (nSPS) is 11.9. The van der Waals surface area contributed by atoms with Gasteiger partial charge >= 0.3 is 17.9 Å². The second-order valence-corrected chi connectivity index (χ2v) is 7.83. The van der Waals surface area contributed by atoms with Gasteiger partial charge in [-0.1, -0.05) is 12.1 Å². The molecule has 0 fully saturated rings. The molecule has 1 N–H and O–H groups in total. The van der Waals surface area contributed by atoms with Gasteiger partial charge in [0.2, 0.25) is 9.84 Å². The van der Waals surface area contributed by atoms with E-state index in [9.17, 15) is 40.0 Å². The molecule has 162 valence electrons. The van der Waals surface area contributed by atoms with E-state index < -0.39 is 50.7 Å². The predicted molar refractivity (Wildman–Crippen MR) is 94.4 cm³/mol. The SMILES string of the molecule is O=C(COC(=O)Cc1ccc(C(F)(F)F)cc1)Nc1ccc(S(=O)(=O)C(F)F)cc1. The smallest absolute Gasteiger partial charge is 0.416 e. The highest BCUT2D eigenvalue weighted by atomic mass is 32.2. The van der Waals surface area contributed by atoms with Gasteiger partial charge < -0.3 is 10.1 Å². The van der Waals surface area contributed by atoms with Crippen LogP contribution in [0.25, 0.3) is 0 Å². The van der Waals surface area contributed by atoms with Crippen LogP contribution in [-0.2, 0) is 36.8 Å². The highest BCUT2D eigenvalue weighted by Crippen LogP contribution is 2.29. The lowest BCUT2D eigenvalue weighted by Gasteiger charge is -2.09. The maximum absolute atomic E-state index is 12.5. The number of benzene rings is 2. The number of anilines is 1. The summed E-state index contributed by atoms with van der Waals surface area (Å²) in [5, 5.41) is 2.27. The number of hydrogen-bond donors (Lipinski definition) is 1. The van der Waals surface area contributed by atoms with Crippen molar-refractivity contribution in [2.75, 3.05) is 11.9 Å². The number of halogens is 5. The number of carbonyl (C=O) groups excluding carboxylic acids is 2. The topological polar surface area (TPSA) is 89.5 Å². The Morgan fingerprint density at radius 3 is 2.03 bits per heavy atom.